The fourth-order valence-corrected chi connectivity index (χ4v) is 4.82. The summed E-state index contributed by atoms with van der Waals surface area (Å²) in [6.07, 6.45) is 0. The van der Waals surface area contributed by atoms with Gasteiger partial charge in [-0.1, -0.05) is 66.2 Å². The molecule has 0 amide bonds. The predicted octanol–water partition coefficient (Wildman–Crippen LogP) is 4.87. The molecule has 1 aliphatic rings. The number of halogens is 1. The molecule has 3 aromatic carbocycles. The number of rotatable bonds is 5. The van der Waals surface area contributed by atoms with E-state index in [2.05, 4.69) is 4.90 Å². The van der Waals surface area contributed by atoms with E-state index in [0.29, 0.717) is 55.0 Å². The molecule has 1 saturated heterocycles. The largest absolute Gasteiger partial charge is 0.363 e. The Labute approximate surface area is 201 Å². The molecule has 0 N–H and O–H groups in total. The molecule has 0 atom stereocenters. The second kappa shape index (κ2) is 9.29. The van der Waals surface area contributed by atoms with Gasteiger partial charge in [0.25, 0.3) is 0 Å². The second-order valence-electron chi connectivity index (χ2n) is 8.30. The molecule has 1 fully saturated rings. The van der Waals surface area contributed by atoms with Crippen LogP contribution in [-0.4, -0.2) is 40.6 Å². The average Bonchev–Trinajstić information content (AvgIpc) is 2.85. The van der Waals surface area contributed by atoms with Crippen LogP contribution in [0.2, 0.25) is 5.02 Å². The zero-order chi connectivity index (χ0) is 23.7. The summed E-state index contributed by atoms with van der Waals surface area (Å²) in [6, 6.07) is 24.2. The van der Waals surface area contributed by atoms with Crippen LogP contribution < -0.4 is 10.5 Å². The number of hydrogen-bond acceptors (Lipinski definition) is 5. The lowest BCUT2D eigenvalue weighted by Gasteiger charge is -2.36. The summed E-state index contributed by atoms with van der Waals surface area (Å²) in [5.74, 6) is 0. The molecule has 172 valence electrons. The number of anilines is 1. The Morgan fingerprint density at radius 2 is 1.50 bits per heavy atom. The molecule has 34 heavy (non-hydrogen) atoms. The number of piperazine rings is 1. The third kappa shape index (κ3) is 4.04. The number of aromatic nitrogens is 1. The van der Waals surface area contributed by atoms with Crippen molar-refractivity contribution >= 4 is 33.9 Å². The SMILES string of the molecule is O=c1c([N+](=O)[O-])c(N2CCN(Cc3ccccc3Cl)CC2)c2ccccc2n1-c1ccccc1. The van der Waals surface area contributed by atoms with Crippen LogP contribution in [0.5, 0.6) is 0 Å². The Morgan fingerprint density at radius 3 is 2.21 bits per heavy atom. The summed E-state index contributed by atoms with van der Waals surface area (Å²) >= 11 is 6.32. The van der Waals surface area contributed by atoms with Crippen molar-refractivity contribution in [3.8, 4) is 5.69 Å². The molecular weight excluding hydrogens is 452 g/mol. The Kier molecular flexibility index (Phi) is 6.04. The fraction of sp³-hybridized carbons (Fsp3) is 0.192. The predicted molar refractivity (Wildman–Crippen MR) is 135 cm³/mol. The van der Waals surface area contributed by atoms with Crippen LogP contribution in [0.1, 0.15) is 5.56 Å². The Hall–Kier alpha value is -3.68. The summed E-state index contributed by atoms with van der Waals surface area (Å²) in [5, 5.41) is 13.6. The van der Waals surface area contributed by atoms with Crippen LogP contribution in [0, 0.1) is 10.1 Å². The third-order valence-electron chi connectivity index (χ3n) is 6.27. The van der Waals surface area contributed by atoms with Crippen molar-refractivity contribution < 1.29 is 4.92 Å². The molecule has 7 nitrogen and oxygen atoms in total. The highest BCUT2D eigenvalue weighted by Crippen LogP contribution is 2.35. The van der Waals surface area contributed by atoms with Gasteiger partial charge in [0.05, 0.1) is 10.4 Å². The van der Waals surface area contributed by atoms with Crippen LogP contribution in [0.3, 0.4) is 0 Å². The first-order valence-electron chi connectivity index (χ1n) is 11.1. The lowest BCUT2D eigenvalue weighted by Crippen LogP contribution is -2.46. The molecule has 4 aromatic rings. The summed E-state index contributed by atoms with van der Waals surface area (Å²) in [6.45, 7) is 3.27. The van der Waals surface area contributed by atoms with Crippen molar-refractivity contribution in [3.05, 3.63) is 110 Å². The van der Waals surface area contributed by atoms with Gasteiger partial charge in [0.15, 0.2) is 0 Å². The van der Waals surface area contributed by atoms with Crippen LogP contribution in [0.25, 0.3) is 16.6 Å². The van der Waals surface area contributed by atoms with E-state index < -0.39 is 10.5 Å². The smallest absolute Gasteiger partial charge is 0.358 e. The second-order valence-corrected chi connectivity index (χ2v) is 8.71. The first-order chi connectivity index (χ1) is 16.5. The summed E-state index contributed by atoms with van der Waals surface area (Å²) < 4.78 is 1.44. The topological polar surface area (TPSA) is 71.6 Å². The van der Waals surface area contributed by atoms with Gasteiger partial charge in [-0.3, -0.25) is 24.4 Å². The van der Waals surface area contributed by atoms with Crippen molar-refractivity contribution in [2.75, 3.05) is 31.1 Å². The van der Waals surface area contributed by atoms with Crippen LogP contribution in [-0.2, 0) is 6.54 Å². The normalized spacial score (nSPS) is 14.4. The third-order valence-corrected chi connectivity index (χ3v) is 6.64. The van der Waals surface area contributed by atoms with Gasteiger partial charge < -0.3 is 4.90 Å². The van der Waals surface area contributed by atoms with Gasteiger partial charge >= 0.3 is 11.2 Å². The zero-order valence-electron chi connectivity index (χ0n) is 18.4. The van der Waals surface area contributed by atoms with E-state index in [1.54, 1.807) is 12.1 Å². The van der Waals surface area contributed by atoms with E-state index in [-0.39, 0.29) is 5.69 Å². The van der Waals surface area contributed by atoms with E-state index in [1.165, 1.54) is 4.57 Å². The first kappa shape index (κ1) is 22.1. The highest BCUT2D eigenvalue weighted by atomic mass is 35.5. The first-order valence-corrected chi connectivity index (χ1v) is 11.5. The van der Waals surface area contributed by atoms with E-state index in [4.69, 9.17) is 11.6 Å². The van der Waals surface area contributed by atoms with E-state index in [1.807, 2.05) is 71.6 Å². The number of hydrogen-bond donors (Lipinski definition) is 0. The quantitative estimate of drug-likeness (QED) is 0.304. The molecule has 0 unspecified atom stereocenters. The number of fused-ring (bicyclic) bond motifs is 1. The van der Waals surface area contributed by atoms with E-state index in [9.17, 15) is 14.9 Å². The lowest BCUT2D eigenvalue weighted by molar-refractivity contribution is -0.385. The molecule has 1 aliphatic heterocycles. The van der Waals surface area contributed by atoms with Gasteiger partial charge in [0.2, 0.25) is 0 Å². The number of nitrogens with zero attached hydrogens (tertiary/aromatic N) is 4. The molecule has 0 spiro atoms. The zero-order valence-corrected chi connectivity index (χ0v) is 19.2. The highest BCUT2D eigenvalue weighted by Gasteiger charge is 2.31. The van der Waals surface area contributed by atoms with Gasteiger partial charge in [0.1, 0.15) is 5.69 Å². The molecule has 5 rings (SSSR count). The lowest BCUT2D eigenvalue weighted by atomic mass is 10.1. The molecule has 0 bridgehead atoms. The summed E-state index contributed by atoms with van der Waals surface area (Å²) in [7, 11) is 0. The summed E-state index contributed by atoms with van der Waals surface area (Å²) in [4.78, 5) is 29.4. The van der Waals surface area contributed by atoms with Gasteiger partial charge in [-0.05, 0) is 29.8 Å². The van der Waals surface area contributed by atoms with Crippen LogP contribution in [0.4, 0.5) is 11.4 Å². The number of pyridine rings is 1. The van der Waals surface area contributed by atoms with Crippen molar-refractivity contribution in [3.63, 3.8) is 0 Å². The number of nitro groups is 1. The number of para-hydroxylation sites is 2. The fourth-order valence-electron chi connectivity index (χ4n) is 4.63. The molecule has 0 radical (unpaired) electrons. The van der Waals surface area contributed by atoms with E-state index in [0.717, 1.165) is 10.6 Å². The highest BCUT2D eigenvalue weighted by molar-refractivity contribution is 6.31. The molecule has 1 aromatic heterocycles. The van der Waals surface area contributed by atoms with Gasteiger partial charge in [0, 0.05) is 48.8 Å². The van der Waals surface area contributed by atoms with Crippen molar-refractivity contribution in [1.29, 1.82) is 0 Å². The molecular formula is C26H23ClN4O3. The molecule has 2 heterocycles. The molecule has 0 aliphatic carbocycles. The van der Waals surface area contributed by atoms with E-state index >= 15 is 0 Å². The average molecular weight is 475 g/mol. The molecule has 0 saturated carbocycles. The minimum Gasteiger partial charge on any atom is -0.363 e. The van der Waals surface area contributed by atoms with Crippen LogP contribution in [0.15, 0.2) is 83.7 Å². The van der Waals surface area contributed by atoms with Crippen molar-refractivity contribution in [2.45, 2.75) is 6.54 Å². The van der Waals surface area contributed by atoms with Crippen molar-refractivity contribution in [1.82, 2.24) is 9.47 Å². The minimum atomic E-state index is -0.622. The Morgan fingerprint density at radius 1 is 0.853 bits per heavy atom. The minimum absolute atomic E-state index is 0.387. The monoisotopic (exact) mass is 474 g/mol. The van der Waals surface area contributed by atoms with Crippen molar-refractivity contribution in [2.24, 2.45) is 0 Å². The van der Waals surface area contributed by atoms with Crippen LogP contribution >= 0.6 is 11.6 Å². The molecule has 8 heteroatoms. The van der Waals surface area contributed by atoms with Gasteiger partial charge in [-0.15, -0.1) is 0 Å². The maximum atomic E-state index is 13.5. The maximum Gasteiger partial charge on any atom is 0.358 e. The number of benzene rings is 3. The Balaban J connectivity index is 1.55. The van der Waals surface area contributed by atoms with Gasteiger partial charge in [-0.2, -0.15) is 0 Å². The maximum absolute atomic E-state index is 13.5. The standard InChI is InChI=1S/C26H23ClN4O3/c27-22-12-6-4-8-19(22)18-28-14-16-29(17-15-28)24-21-11-5-7-13-23(21)30(20-9-2-1-3-10-20)26(32)25(24)31(33)34/h1-13H,14-18H2. The Bertz CT molecular complexity index is 1410. The van der Waals surface area contributed by atoms with Gasteiger partial charge in [-0.25, -0.2) is 0 Å². The summed E-state index contributed by atoms with van der Waals surface area (Å²) in [5.41, 5.74) is 1.70.